The van der Waals surface area contributed by atoms with E-state index in [1.54, 1.807) is 35.9 Å². The van der Waals surface area contributed by atoms with E-state index in [0.717, 1.165) is 27.9 Å². The highest BCUT2D eigenvalue weighted by Crippen LogP contribution is 2.31. The molecule has 0 atom stereocenters. The summed E-state index contributed by atoms with van der Waals surface area (Å²) in [6, 6.07) is 12.7. The van der Waals surface area contributed by atoms with Crippen molar-refractivity contribution < 1.29 is 19.0 Å². The zero-order chi connectivity index (χ0) is 21.0. The number of rotatable bonds is 8. The minimum Gasteiger partial charge on any atom is -0.497 e. The van der Waals surface area contributed by atoms with Gasteiger partial charge in [0.1, 0.15) is 5.75 Å². The van der Waals surface area contributed by atoms with Crippen LogP contribution in [0.2, 0.25) is 5.02 Å². The molecule has 0 aliphatic rings. The van der Waals surface area contributed by atoms with E-state index in [9.17, 15) is 4.79 Å². The lowest BCUT2D eigenvalue weighted by Gasteiger charge is -2.17. The van der Waals surface area contributed by atoms with E-state index in [2.05, 4.69) is 0 Å². The largest absolute Gasteiger partial charge is 0.497 e. The molecule has 0 aliphatic heterocycles. The average molecular weight is 416 g/mol. The van der Waals surface area contributed by atoms with Gasteiger partial charge in [0.25, 0.3) is 5.91 Å². The molecule has 0 amide bonds. The van der Waals surface area contributed by atoms with Crippen molar-refractivity contribution >= 4 is 28.4 Å². The topological polar surface area (TPSA) is 49.7 Å². The summed E-state index contributed by atoms with van der Waals surface area (Å²) >= 11 is 5.98. The summed E-state index contributed by atoms with van der Waals surface area (Å²) in [5.41, 5.74) is 3.26. The molecule has 3 aromatic rings. The van der Waals surface area contributed by atoms with Crippen LogP contribution in [-0.4, -0.2) is 37.1 Å². The number of methoxy groups -OCH3 is 1. The number of carbonyl (C=O) groups is 1. The maximum atomic E-state index is 13.3. The van der Waals surface area contributed by atoms with Gasteiger partial charge in [0.2, 0.25) is 0 Å². The van der Waals surface area contributed by atoms with E-state index >= 15 is 0 Å². The number of carbonyl (C=O) groups excluding carboxylic acids is 1. The van der Waals surface area contributed by atoms with Crippen molar-refractivity contribution in [3.8, 4) is 5.75 Å². The van der Waals surface area contributed by atoms with Crippen LogP contribution in [0.5, 0.6) is 5.75 Å². The van der Waals surface area contributed by atoms with Gasteiger partial charge in [-0.15, -0.1) is 0 Å². The Balaban J connectivity index is 2.14. The fourth-order valence-corrected chi connectivity index (χ4v) is 3.66. The molecular weight excluding hydrogens is 390 g/mol. The lowest BCUT2D eigenvalue weighted by Crippen LogP contribution is -2.21. The van der Waals surface area contributed by atoms with Crippen molar-refractivity contribution in [3.63, 3.8) is 0 Å². The highest BCUT2D eigenvalue weighted by Gasteiger charge is 2.23. The Kier molecular flexibility index (Phi) is 6.96. The first-order valence-electron chi connectivity index (χ1n) is 9.71. The van der Waals surface area contributed by atoms with Gasteiger partial charge in [-0.1, -0.05) is 11.6 Å². The number of halogens is 1. The predicted octanol–water partition coefficient (Wildman–Crippen LogP) is 5.24. The fraction of sp³-hybridized carbons (Fsp3) is 0.348. The number of hydrogen-bond donors (Lipinski definition) is 0. The number of benzene rings is 2. The summed E-state index contributed by atoms with van der Waals surface area (Å²) in [6.07, 6.45) is 0.164. The first-order chi connectivity index (χ1) is 14.0. The molecule has 0 fully saturated rings. The zero-order valence-electron chi connectivity index (χ0n) is 17.2. The van der Waals surface area contributed by atoms with Gasteiger partial charge < -0.3 is 14.2 Å². The number of fused-ring (bicyclic) bond motifs is 1. The van der Waals surface area contributed by atoms with Crippen molar-refractivity contribution in [1.82, 2.24) is 4.57 Å². The van der Waals surface area contributed by atoms with Gasteiger partial charge in [0.05, 0.1) is 12.6 Å². The normalized spacial score (nSPS) is 11.4. The molecule has 0 saturated heterocycles. The zero-order valence-corrected chi connectivity index (χ0v) is 18.0. The summed E-state index contributed by atoms with van der Waals surface area (Å²) < 4.78 is 18.7. The predicted molar refractivity (Wildman–Crippen MR) is 115 cm³/mol. The third-order valence-electron chi connectivity index (χ3n) is 4.91. The summed E-state index contributed by atoms with van der Waals surface area (Å²) in [5, 5.41) is 1.55. The van der Waals surface area contributed by atoms with Gasteiger partial charge >= 0.3 is 0 Å². The first kappa shape index (κ1) is 21.4. The van der Waals surface area contributed by atoms with Crippen LogP contribution in [-0.2, 0) is 15.9 Å². The van der Waals surface area contributed by atoms with E-state index in [-0.39, 0.29) is 12.2 Å². The molecule has 2 aromatic carbocycles. The second kappa shape index (κ2) is 9.44. The molecule has 154 valence electrons. The average Bonchev–Trinajstić information content (AvgIpc) is 2.99. The van der Waals surface area contributed by atoms with Crippen LogP contribution in [0, 0.1) is 6.92 Å². The molecule has 5 nitrogen and oxygen atoms in total. The quantitative estimate of drug-likeness (QED) is 0.472. The molecule has 0 spiro atoms. The molecular formula is C23H26ClNO4. The van der Waals surface area contributed by atoms with Crippen molar-refractivity contribution in [2.75, 3.05) is 20.3 Å². The van der Waals surface area contributed by atoms with E-state index < -0.39 is 0 Å². The number of ether oxygens (including phenoxy) is 3. The number of hydrogen-bond acceptors (Lipinski definition) is 4. The van der Waals surface area contributed by atoms with Crippen LogP contribution in [0.3, 0.4) is 0 Å². The highest BCUT2D eigenvalue weighted by molar-refractivity contribution is 6.30. The Morgan fingerprint density at radius 3 is 2.31 bits per heavy atom. The highest BCUT2D eigenvalue weighted by atomic mass is 35.5. The molecule has 0 unspecified atom stereocenters. The Morgan fingerprint density at radius 2 is 1.72 bits per heavy atom. The maximum Gasteiger partial charge on any atom is 0.262 e. The van der Waals surface area contributed by atoms with Crippen LogP contribution in [0.15, 0.2) is 42.5 Å². The van der Waals surface area contributed by atoms with Crippen LogP contribution < -0.4 is 4.74 Å². The summed E-state index contributed by atoms with van der Waals surface area (Å²) in [6.45, 7) is 6.93. The van der Waals surface area contributed by atoms with Gasteiger partial charge in [-0.25, -0.2) is 0 Å². The first-order valence-corrected chi connectivity index (χ1v) is 10.1. The number of aromatic nitrogens is 1. The SMILES string of the molecule is CCOC(Cc1c(C)n(C(=O)c2ccc(Cl)cc2)c2ccc(OC)cc12)OCC. The Morgan fingerprint density at radius 1 is 1.07 bits per heavy atom. The monoisotopic (exact) mass is 415 g/mol. The van der Waals surface area contributed by atoms with E-state index in [0.29, 0.717) is 30.2 Å². The van der Waals surface area contributed by atoms with Crippen LogP contribution in [0.25, 0.3) is 10.9 Å². The molecule has 0 saturated carbocycles. The lowest BCUT2D eigenvalue weighted by molar-refractivity contribution is -0.134. The summed E-state index contributed by atoms with van der Waals surface area (Å²) in [4.78, 5) is 13.3. The van der Waals surface area contributed by atoms with Crippen molar-refractivity contribution in [2.24, 2.45) is 0 Å². The molecule has 0 aliphatic carbocycles. The van der Waals surface area contributed by atoms with Gasteiger partial charge in [-0.3, -0.25) is 9.36 Å². The van der Waals surface area contributed by atoms with Crippen molar-refractivity contribution in [3.05, 3.63) is 64.3 Å². The second-order valence-corrected chi connectivity index (χ2v) is 7.08. The van der Waals surface area contributed by atoms with Crippen LogP contribution in [0.1, 0.15) is 35.5 Å². The van der Waals surface area contributed by atoms with E-state index in [1.165, 1.54) is 0 Å². The van der Waals surface area contributed by atoms with Gasteiger partial charge in [0.15, 0.2) is 6.29 Å². The minimum absolute atomic E-state index is 0.107. The molecule has 6 heteroatoms. The minimum atomic E-state index is -0.375. The molecule has 0 radical (unpaired) electrons. The Labute approximate surface area is 176 Å². The van der Waals surface area contributed by atoms with Crippen LogP contribution >= 0.6 is 11.6 Å². The summed E-state index contributed by atoms with van der Waals surface area (Å²) in [7, 11) is 1.63. The number of nitrogens with zero attached hydrogens (tertiary/aromatic N) is 1. The third kappa shape index (κ3) is 4.47. The lowest BCUT2D eigenvalue weighted by atomic mass is 10.1. The summed E-state index contributed by atoms with van der Waals surface area (Å²) in [5.74, 6) is 0.629. The van der Waals surface area contributed by atoms with Gasteiger partial charge in [-0.05, 0) is 68.8 Å². The van der Waals surface area contributed by atoms with E-state index in [4.69, 9.17) is 25.8 Å². The van der Waals surface area contributed by atoms with Crippen molar-refractivity contribution in [1.29, 1.82) is 0 Å². The molecule has 1 heterocycles. The smallest absolute Gasteiger partial charge is 0.262 e. The maximum absolute atomic E-state index is 13.3. The molecule has 1 aromatic heterocycles. The Bertz CT molecular complexity index is 988. The fourth-order valence-electron chi connectivity index (χ4n) is 3.53. The van der Waals surface area contributed by atoms with E-state index in [1.807, 2.05) is 39.0 Å². The van der Waals surface area contributed by atoms with Gasteiger partial charge in [0, 0.05) is 41.3 Å². The third-order valence-corrected chi connectivity index (χ3v) is 5.16. The standard InChI is InChI=1S/C23H26ClNO4/c1-5-28-22(29-6-2)14-19-15(3)25(21-12-11-18(27-4)13-20(19)21)23(26)16-7-9-17(24)10-8-16/h7-13,22H,5-6,14H2,1-4H3. The van der Waals surface area contributed by atoms with Gasteiger partial charge in [-0.2, -0.15) is 0 Å². The molecule has 3 rings (SSSR count). The van der Waals surface area contributed by atoms with Crippen LogP contribution in [0.4, 0.5) is 0 Å². The Hall–Kier alpha value is -2.34. The molecule has 0 N–H and O–H groups in total. The molecule has 0 bridgehead atoms. The second-order valence-electron chi connectivity index (χ2n) is 6.64. The molecule has 29 heavy (non-hydrogen) atoms. The van der Waals surface area contributed by atoms with Crippen molar-refractivity contribution in [2.45, 2.75) is 33.5 Å².